The van der Waals surface area contributed by atoms with Crippen molar-refractivity contribution in [2.45, 2.75) is 25.4 Å². The Kier molecular flexibility index (Phi) is 16.2. The molecule has 0 bridgehead atoms. The van der Waals surface area contributed by atoms with E-state index in [1.807, 2.05) is 0 Å². The van der Waals surface area contributed by atoms with Gasteiger partial charge in [0.2, 0.25) is 0 Å². The summed E-state index contributed by atoms with van der Waals surface area (Å²) in [4.78, 5) is 6.94. The van der Waals surface area contributed by atoms with Gasteiger partial charge in [0.1, 0.15) is 0 Å². The van der Waals surface area contributed by atoms with Crippen LogP contribution >= 0.6 is 9.24 Å². The minimum atomic E-state index is 0.123. The third kappa shape index (κ3) is 12.0. The van der Waals surface area contributed by atoms with E-state index in [4.69, 9.17) is 0 Å². The van der Waals surface area contributed by atoms with Crippen LogP contribution in [0.3, 0.4) is 0 Å². The molecule has 12 aromatic rings. The monoisotopic (exact) mass is 1070 g/mol. The minimum Gasteiger partial charge on any atom is -0.311 e. The number of para-hydroxylation sites is 6. The van der Waals surface area contributed by atoms with Crippen molar-refractivity contribution in [1.29, 1.82) is 0 Å². The maximum Gasteiger partial charge on any atom is 0.0462 e. The summed E-state index contributed by atoms with van der Waals surface area (Å²) in [5.41, 5.74) is 23.8. The van der Waals surface area contributed by atoms with E-state index < -0.39 is 0 Å². The Morgan fingerprint density at radius 2 is 0.598 bits per heavy atom. The summed E-state index contributed by atoms with van der Waals surface area (Å²) in [6, 6.07) is 114. The Balaban J connectivity index is 0.887. The zero-order valence-electron chi connectivity index (χ0n) is 46.1. The second kappa shape index (κ2) is 25.1. The molecule has 0 aliphatic heterocycles. The summed E-state index contributed by atoms with van der Waals surface area (Å²) in [5.74, 6) is 0. The van der Waals surface area contributed by atoms with Gasteiger partial charge < -0.3 is 14.7 Å². The normalized spacial score (nSPS) is 11.5. The Morgan fingerprint density at radius 3 is 0.963 bits per heavy atom. The second-order valence-electron chi connectivity index (χ2n) is 20.7. The smallest absolute Gasteiger partial charge is 0.0462 e. The van der Waals surface area contributed by atoms with Crippen molar-refractivity contribution in [3.63, 3.8) is 0 Å². The molecule has 2 atom stereocenters. The summed E-state index contributed by atoms with van der Waals surface area (Å²) >= 11 is 0. The number of rotatable bonds is 18. The number of nitrogens with zero attached hydrogens (tertiary/aromatic N) is 3. The molecular formula is C78H64N3P. The summed E-state index contributed by atoms with van der Waals surface area (Å²) in [6.07, 6.45) is 6.03. The molecule has 82 heavy (non-hydrogen) atoms. The average Bonchev–Trinajstić information content (AvgIpc) is 3.66. The van der Waals surface area contributed by atoms with Gasteiger partial charge in [-0.05, 0) is 196 Å². The van der Waals surface area contributed by atoms with Crippen molar-refractivity contribution in [2.24, 2.45) is 0 Å². The van der Waals surface area contributed by atoms with Gasteiger partial charge in [-0.1, -0.05) is 212 Å². The molecule has 0 amide bonds. The first-order chi connectivity index (χ1) is 40.5. The van der Waals surface area contributed by atoms with E-state index in [0.717, 1.165) is 64.0 Å². The molecule has 3 nitrogen and oxygen atoms in total. The van der Waals surface area contributed by atoms with Crippen LogP contribution in [0.5, 0.6) is 0 Å². The predicted molar refractivity (Wildman–Crippen MR) is 353 cm³/mol. The summed E-state index contributed by atoms with van der Waals surface area (Å²) in [6.45, 7) is 2.11. The molecule has 0 aromatic heterocycles. The number of allylic oxidation sites excluding steroid dienone is 2. The van der Waals surface area contributed by atoms with Crippen molar-refractivity contribution in [3.8, 4) is 33.4 Å². The van der Waals surface area contributed by atoms with Crippen molar-refractivity contribution in [3.05, 3.63) is 355 Å². The van der Waals surface area contributed by atoms with Crippen LogP contribution < -0.4 is 14.7 Å². The topological polar surface area (TPSA) is 9.72 Å². The van der Waals surface area contributed by atoms with E-state index in [1.54, 1.807) is 0 Å². The van der Waals surface area contributed by atoms with Gasteiger partial charge >= 0.3 is 0 Å². The number of benzene rings is 12. The van der Waals surface area contributed by atoms with E-state index in [0.29, 0.717) is 0 Å². The van der Waals surface area contributed by atoms with Gasteiger partial charge in [0.15, 0.2) is 0 Å². The maximum absolute atomic E-state index is 3.13. The Bertz CT molecular complexity index is 3900. The molecule has 0 radical (unpaired) electrons. The molecule has 4 heteroatoms. The van der Waals surface area contributed by atoms with E-state index in [2.05, 4.69) is 358 Å². The molecule has 0 spiro atoms. The van der Waals surface area contributed by atoms with Crippen LogP contribution in [0.15, 0.2) is 328 Å². The Hall–Kier alpha value is -9.79. The molecule has 396 valence electrons. The predicted octanol–water partition coefficient (Wildman–Crippen LogP) is 21.8. The van der Waals surface area contributed by atoms with Crippen LogP contribution in [0, 0.1) is 0 Å². The molecule has 0 aliphatic carbocycles. The summed E-state index contributed by atoms with van der Waals surface area (Å²) < 4.78 is 0. The van der Waals surface area contributed by atoms with Crippen LogP contribution in [0.25, 0.3) is 33.4 Å². The molecule has 0 saturated heterocycles. The first kappa shape index (κ1) is 52.9. The van der Waals surface area contributed by atoms with Gasteiger partial charge in [0.05, 0.1) is 0 Å². The van der Waals surface area contributed by atoms with Gasteiger partial charge in [-0.3, -0.25) is 0 Å². The van der Waals surface area contributed by atoms with E-state index >= 15 is 0 Å². The highest BCUT2D eigenvalue weighted by Crippen LogP contribution is 2.41. The number of hydrogen-bond acceptors (Lipinski definition) is 3. The minimum absolute atomic E-state index is 0.123. The molecule has 0 fully saturated rings. The maximum atomic E-state index is 3.13. The molecule has 2 unspecified atom stereocenters. The van der Waals surface area contributed by atoms with Crippen molar-refractivity contribution in [2.75, 3.05) is 14.7 Å². The lowest BCUT2D eigenvalue weighted by molar-refractivity contribution is 1.06. The lowest BCUT2D eigenvalue weighted by Crippen LogP contribution is -2.09. The highest BCUT2D eigenvalue weighted by molar-refractivity contribution is 7.17. The van der Waals surface area contributed by atoms with Crippen LogP contribution in [-0.4, -0.2) is 0 Å². The molecule has 0 N–H and O–H groups in total. The van der Waals surface area contributed by atoms with Crippen molar-refractivity contribution >= 4 is 60.4 Å². The van der Waals surface area contributed by atoms with E-state index in [1.165, 1.54) is 61.2 Å². The van der Waals surface area contributed by atoms with Crippen LogP contribution in [0.1, 0.15) is 40.4 Å². The molecule has 0 saturated carbocycles. The SMILES string of the molecule is CC=CC(P)c1cc(-c2ccc(N(c3ccccc3)c3ccccc3)cc2)ccc1Cc1cc(-c2ccc(N(c3ccccc3)c3ccccc3)cc2)ccc1Cc1cccc(-c2ccc(N(c3ccccc3)c3ccccc3)cc2)c1. The van der Waals surface area contributed by atoms with Crippen LogP contribution in [-0.2, 0) is 12.8 Å². The number of hydrogen-bond donors (Lipinski definition) is 0. The lowest BCUT2D eigenvalue weighted by atomic mass is 9.88. The zero-order chi connectivity index (χ0) is 55.5. The highest BCUT2D eigenvalue weighted by atomic mass is 31.0. The summed E-state index contributed by atoms with van der Waals surface area (Å²) in [5, 5.41) is 0. The van der Waals surface area contributed by atoms with Gasteiger partial charge in [0, 0.05) is 56.8 Å². The average molecular weight is 1070 g/mol. The van der Waals surface area contributed by atoms with Gasteiger partial charge in [-0.15, -0.1) is 9.24 Å². The lowest BCUT2D eigenvalue weighted by Gasteiger charge is -2.25. The van der Waals surface area contributed by atoms with Crippen LogP contribution in [0.2, 0.25) is 0 Å². The first-order valence-corrected chi connectivity index (χ1v) is 28.9. The fourth-order valence-corrected chi connectivity index (χ4v) is 11.7. The van der Waals surface area contributed by atoms with E-state index in [-0.39, 0.29) is 5.66 Å². The fourth-order valence-electron chi connectivity index (χ4n) is 11.2. The van der Waals surface area contributed by atoms with Gasteiger partial charge in [0.25, 0.3) is 0 Å². The zero-order valence-corrected chi connectivity index (χ0v) is 47.2. The highest BCUT2D eigenvalue weighted by Gasteiger charge is 2.19. The standard InChI is InChI=1S/C78H64N3P/c1-2-22-78(82)77-57-65(61-45-51-76(52-46-61)81(72-33-17-7-18-34-72)73-35-19-8-20-36-73)39-40-66(77)56-67-55-64(60-43-49-75(50-44-60)80(70-29-13-5-14-30-70)71-31-15-6-16-32-71)38-37-63(67)54-58-23-21-24-62(53-58)59-41-47-74(48-42-59)79(68-25-9-3-10-26-68)69-27-11-4-12-28-69/h2-53,55,57,78H,54,56,82H2,1H3. The second-order valence-corrected chi connectivity index (χ2v) is 21.4. The fraction of sp³-hybridized carbons (Fsp3) is 0.0513. The Labute approximate surface area is 486 Å². The molecule has 12 aromatic carbocycles. The summed E-state index contributed by atoms with van der Waals surface area (Å²) in [7, 11) is 3.13. The molecule has 12 rings (SSSR count). The van der Waals surface area contributed by atoms with E-state index in [9.17, 15) is 0 Å². The van der Waals surface area contributed by atoms with Gasteiger partial charge in [-0.25, -0.2) is 0 Å². The largest absolute Gasteiger partial charge is 0.311 e. The van der Waals surface area contributed by atoms with Crippen LogP contribution in [0.4, 0.5) is 51.2 Å². The van der Waals surface area contributed by atoms with Gasteiger partial charge in [-0.2, -0.15) is 0 Å². The Morgan fingerprint density at radius 1 is 0.280 bits per heavy atom. The van der Waals surface area contributed by atoms with Crippen molar-refractivity contribution in [1.82, 2.24) is 0 Å². The first-order valence-electron chi connectivity index (χ1n) is 28.3. The third-order valence-electron chi connectivity index (χ3n) is 15.3. The molecule has 0 heterocycles. The van der Waals surface area contributed by atoms with Crippen molar-refractivity contribution < 1.29 is 0 Å². The number of anilines is 9. The quantitative estimate of drug-likeness (QED) is 0.0626. The third-order valence-corrected chi connectivity index (χ3v) is 15.9. The molecular weight excluding hydrogens is 1010 g/mol. The molecule has 0 aliphatic rings.